The number of hydrogen-bond donors (Lipinski definition) is 1. The third-order valence-electron chi connectivity index (χ3n) is 4.23. The summed E-state index contributed by atoms with van der Waals surface area (Å²) in [5.41, 5.74) is 5.50. The van der Waals surface area contributed by atoms with Gasteiger partial charge in [-0.05, 0) is 40.6 Å². The van der Waals surface area contributed by atoms with Crippen molar-refractivity contribution in [2.45, 2.75) is 13.0 Å². The summed E-state index contributed by atoms with van der Waals surface area (Å²) in [6, 6.07) is 22.9. The minimum atomic E-state index is 0.734. The zero-order chi connectivity index (χ0) is 16.9. The van der Waals surface area contributed by atoms with Gasteiger partial charge in [-0.2, -0.15) is 4.52 Å². The average Bonchev–Trinajstić information content (AvgIpc) is 3.15. The fourth-order valence-corrected chi connectivity index (χ4v) is 2.93. The van der Waals surface area contributed by atoms with E-state index in [9.17, 15) is 0 Å². The van der Waals surface area contributed by atoms with E-state index in [-0.39, 0.29) is 0 Å². The maximum Gasteiger partial charge on any atom is 0.183 e. The summed E-state index contributed by atoms with van der Waals surface area (Å²) in [6.45, 7) is 1.64. The lowest BCUT2D eigenvalue weighted by atomic mass is 10.1. The lowest BCUT2D eigenvalue weighted by Crippen LogP contribution is -2.17. The minimum Gasteiger partial charge on any atom is -0.312 e. The highest BCUT2D eigenvalue weighted by Gasteiger charge is 2.08. The van der Waals surface area contributed by atoms with Crippen molar-refractivity contribution in [1.29, 1.82) is 0 Å². The smallest absolute Gasteiger partial charge is 0.183 e. The third-order valence-corrected chi connectivity index (χ3v) is 4.23. The second-order valence-corrected chi connectivity index (χ2v) is 5.98. The lowest BCUT2D eigenvalue weighted by Gasteiger charge is -2.09. The molecular formula is C20H19N5. The number of pyridine rings is 1. The highest BCUT2D eigenvalue weighted by molar-refractivity contribution is 5.66. The number of nitrogens with zero attached hydrogens (tertiary/aromatic N) is 4. The van der Waals surface area contributed by atoms with Crippen molar-refractivity contribution in [1.82, 2.24) is 25.4 Å². The van der Waals surface area contributed by atoms with Crippen LogP contribution in [0.5, 0.6) is 0 Å². The molecule has 0 atom stereocenters. The monoisotopic (exact) mass is 329 g/mol. The Morgan fingerprint density at radius 2 is 1.64 bits per heavy atom. The van der Waals surface area contributed by atoms with Crippen molar-refractivity contribution in [3.05, 3.63) is 84.1 Å². The van der Waals surface area contributed by atoms with E-state index >= 15 is 0 Å². The van der Waals surface area contributed by atoms with Gasteiger partial charge in [0.1, 0.15) is 0 Å². The maximum atomic E-state index is 4.15. The van der Waals surface area contributed by atoms with Crippen LogP contribution in [0.4, 0.5) is 0 Å². The summed E-state index contributed by atoms with van der Waals surface area (Å²) in [7, 11) is 0. The normalized spacial score (nSPS) is 11.0. The van der Waals surface area contributed by atoms with Crippen molar-refractivity contribution in [3.8, 4) is 11.1 Å². The minimum absolute atomic E-state index is 0.734. The first-order valence-electron chi connectivity index (χ1n) is 8.41. The number of rotatable bonds is 6. The van der Waals surface area contributed by atoms with E-state index in [4.69, 9.17) is 0 Å². The molecule has 0 fully saturated rings. The molecule has 2 aromatic carbocycles. The van der Waals surface area contributed by atoms with Crippen LogP contribution in [0.25, 0.3) is 16.8 Å². The fraction of sp³-hybridized carbons (Fsp3) is 0.150. The number of benzene rings is 2. The molecule has 124 valence electrons. The Balaban J connectivity index is 1.51. The van der Waals surface area contributed by atoms with Crippen LogP contribution in [-0.4, -0.2) is 26.6 Å². The van der Waals surface area contributed by atoms with Gasteiger partial charge in [0.05, 0.1) is 0 Å². The first-order chi connectivity index (χ1) is 12.4. The number of nitrogens with one attached hydrogen (secondary N) is 1. The molecule has 5 nitrogen and oxygen atoms in total. The van der Waals surface area contributed by atoms with Crippen LogP contribution in [0.15, 0.2) is 72.9 Å². The first-order valence-corrected chi connectivity index (χ1v) is 8.41. The van der Waals surface area contributed by atoms with Crippen molar-refractivity contribution >= 4 is 5.65 Å². The second-order valence-electron chi connectivity index (χ2n) is 5.98. The van der Waals surface area contributed by atoms with Gasteiger partial charge in [0.25, 0.3) is 0 Å². The second kappa shape index (κ2) is 7.23. The molecular weight excluding hydrogens is 310 g/mol. The van der Waals surface area contributed by atoms with Crippen LogP contribution in [-0.2, 0) is 13.0 Å². The number of fused-ring (bicyclic) bond motifs is 1. The highest BCUT2D eigenvalue weighted by atomic mass is 15.5. The lowest BCUT2D eigenvalue weighted by molar-refractivity contribution is 0.686. The zero-order valence-corrected chi connectivity index (χ0v) is 13.8. The van der Waals surface area contributed by atoms with Crippen molar-refractivity contribution < 1.29 is 0 Å². The Bertz CT molecular complexity index is 948. The summed E-state index contributed by atoms with van der Waals surface area (Å²) >= 11 is 0. The molecule has 2 heterocycles. The SMILES string of the molecule is c1ccc(CCNCc2cc(-c3ccccc3)cn3nnnc23)cc1. The molecule has 4 aromatic rings. The van der Waals surface area contributed by atoms with Gasteiger partial charge in [-0.1, -0.05) is 60.7 Å². The van der Waals surface area contributed by atoms with E-state index in [1.165, 1.54) is 5.56 Å². The van der Waals surface area contributed by atoms with E-state index in [2.05, 4.69) is 63.3 Å². The molecule has 1 N–H and O–H groups in total. The Labute approximate surface area is 146 Å². The first kappa shape index (κ1) is 15.5. The quantitative estimate of drug-likeness (QED) is 0.552. The molecule has 0 saturated heterocycles. The van der Waals surface area contributed by atoms with Crippen molar-refractivity contribution in [2.24, 2.45) is 0 Å². The molecule has 0 spiro atoms. The molecule has 0 aliphatic rings. The Kier molecular flexibility index (Phi) is 4.48. The Hall–Kier alpha value is -3.05. The molecule has 2 aromatic heterocycles. The summed E-state index contributed by atoms with van der Waals surface area (Å²) in [4.78, 5) is 0. The fourth-order valence-electron chi connectivity index (χ4n) is 2.93. The van der Waals surface area contributed by atoms with Crippen LogP contribution < -0.4 is 5.32 Å². The molecule has 0 bridgehead atoms. The summed E-state index contributed by atoms with van der Waals surface area (Å²) in [5.74, 6) is 0. The van der Waals surface area contributed by atoms with Gasteiger partial charge in [0.2, 0.25) is 0 Å². The van der Waals surface area contributed by atoms with E-state index in [0.717, 1.165) is 41.8 Å². The van der Waals surface area contributed by atoms with Crippen molar-refractivity contribution in [2.75, 3.05) is 6.54 Å². The number of hydrogen-bond acceptors (Lipinski definition) is 4. The van der Waals surface area contributed by atoms with Gasteiger partial charge < -0.3 is 5.32 Å². The largest absolute Gasteiger partial charge is 0.312 e. The standard InChI is InChI=1S/C20H19N5/c1-3-7-16(8-4-1)11-12-21-14-18-13-19(17-9-5-2-6-10-17)15-25-20(18)22-23-24-25/h1-10,13,15,21H,11-12,14H2. The molecule has 0 saturated carbocycles. The van der Waals surface area contributed by atoms with Crippen LogP contribution in [0.2, 0.25) is 0 Å². The third kappa shape index (κ3) is 3.56. The predicted molar refractivity (Wildman–Crippen MR) is 98.1 cm³/mol. The predicted octanol–water partition coefficient (Wildman–Crippen LogP) is 3.12. The Morgan fingerprint density at radius 3 is 2.44 bits per heavy atom. The summed E-state index contributed by atoms with van der Waals surface area (Å²) in [5, 5.41) is 15.5. The van der Waals surface area contributed by atoms with Gasteiger partial charge in [-0.25, -0.2) is 0 Å². The van der Waals surface area contributed by atoms with Gasteiger partial charge in [-0.3, -0.25) is 0 Å². The maximum absolute atomic E-state index is 4.15. The van der Waals surface area contributed by atoms with Gasteiger partial charge >= 0.3 is 0 Å². The van der Waals surface area contributed by atoms with Gasteiger partial charge in [-0.15, -0.1) is 5.10 Å². The van der Waals surface area contributed by atoms with Crippen LogP contribution in [0, 0.1) is 0 Å². The average molecular weight is 329 g/mol. The molecule has 0 aliphatic carbocycles. The molecule has 0 radical (unpaired) electrons. The summed E-state index contributed by atoms with van der Waals surface area (Å²) in [6.07, 6.45) is 2.97. The van der Waals surface area contributed by atoms with Gasteiger partial charge in [0.15, 0.2) is 5.65 Å². The molecule has 5 heteroatoms. The van der Waals surface area contributed by atoms with Crippen molar-refractivity contribution in [3.63, 3.8) is 0 Å². The number of tetrazole rings is 1. The molecule has 0 amide bonds. The van der Waals surface area contributed by atoms with E-state index in [1.807, 2.05) is 30.5 Å². The van der Waals surface area contributed by atoms with Crippen LogP contribution in [0.1, 0.15) is 11.1 Å². The highest BCUT2D eigenvalue weighted by Crippen LogP contribution is 2.21. The van der Waals surface area contributed by atoms with E-state index < -0.39 is 0 Å². The number of aromatic nitrogens is 4. The molecule has 4 rings (SSSR count). The molecule has 25 heavy (non-hydrogen) atoms. The van der Waals surface area contributed by atoms with E-state index in [1.54, 1.807) is 4.52 Å². The van der Waals surface area contributed by atoms with Crippen LogP contribution in [0.3, 0.4) is 0 Å². The topological polar surface area (TPSA) is 55.1 Å². The van der Waals surface area contributed by atoms with Gasteiger partial charge in [0, 0.05) is 23.9 Å². The van der Waals surface area contributed by atoms with Crippen LogP contribution >= 0.6 is 0 Å². The van der Waals surface area contributed by atoms with E-state index in [0.29, 0.717) is 0 Å². The Morgan fingerprint density at radius 1 is 0.880 bits per heavy atom. The summed E-state index contributed by atoms with van der Waals surface area (Å²) < 4.78 is 1.75. The molecule has 0 aliphatic heterocycles. The zero-order valence-electron chi connectivity index (χ0n) is 13.8. The molecule has 0 unspecified atom stereocenters.